The molecule has 0 saturated carbocycles. The third-order valence-electron chi connectivity index (χ3n) is 3.14. The monoisotopic (exact) mass is 354 g/mol. The van der Waals surface area contributed by atoms with E-state index in [1.165, 1.54) is 25.7 Å². The minimum Gasteiger partial charge on any atom is -0.322 e. The van der Waals surface area contributed by atoms with Crippen LogP contribution in [0.4, 0.5) is 0 Å². The van der Waals surface area contributed by atoms with Crippen LogP contribution in [0.15, 0.2) is 0 Å². The van der Waals surface area contributed by atoms with Crippen molar-refractivity contribution in [2.45, 2.75) is 73.1 Å². The Kier molecular flexibility index (Phi) is 14.0. The molecular weight excluding hydrogens is 319 g/mol. The third kappa shape index (κ3) is 14.3. The predicted octanol–water partition coefficient (Wildman–Crippen LogP) is 6.65. The van der Waals surface area contributed by atoms with E-state index in [2.05, 4.69) is 34.6 Å². The fourth-order valence-corrected chi connectivity index (χ4v) is 6.13. The Hall–Kier alpha value is 0.920. The maximum absolute atomic E-state index is 6.00. The Morgan fingerprint density at radius 3 is 1.86 bits per heavy atom. The first-order valence-electron chi connectivity index (χ1n) is 8.43. The molecule has 0 heterocycles. The first kappa shape index (κ1) is 21.9. The van der Waals surface area contributed by atoms with Crippen molar-refractivity contribution in [2.24, 2.45) is 11.8 Å². The predicted molar refractivity (Wildman–Crippen MR) is 102 cm³/mol. The fraction of sp³-hybridized carbons (Fsp3) is 1.00. The van der Waals surface area contributed by atoms with Gasteiger partial charge in [-0.1, -0.05) is 65.3 Å². The maximum Gasteiger partial charge on any atom is 0.247 e. The second-order valence-electron chi connectivity index (χ2n) is 6.37. The summed E-state index contributed by atoms with van der Waals surface area (Å²) in [7, 11) is 0. The first-order valence-corrected chi connectivity index (χ1v) is 12.7. The summed E-state index contributed by atoms with van der Waals surface area (Å²) in [6, 6.07) is 0. The van der Waals surface area contributed by atoms with Crippen molar-refractivity contribution in [1.29, 1.82) is 0 Å². The van der Waals surface area contributed by atoms with Crippen molar-refractivity contribution in [2.75, 3.05) is 19.0 Å². The highest BCUT2D eigenvalue weighted by atomic mass is 32.9. The summed E-state index contributed by atoms with van der Waals surface area (Å²) in [6.45, 7) is 12.6. The minimum atomic E-state index is -2.13. The van der Waals surface area contributed by atoms with Crippen LogP contribution in [0.2, 0.25) is 0 Å². The SMILES string of the molecule is CCCCCCSP(=S)(OCCC(C)C)OCCC(C)C. The van der Waals surface area contributed by atoms with Gasteiger partial charge in [0.05, 0.1) is 13.2 Å². The van der Waals surface area contributed by atoms with Gasteiger partial charge in [0.15, 0.2) is 0 Å². The molecule has 0 aromatic heterocycles. The van der Waals surface area contributed by atoms with E-state index in [0.29, 0.717) is 11.8 Å². The van der Waals surface area contributed by atoms with E-state index in [9.17, 15) is 0 Å². The smallest absolute Gasteiger partial charge is 0.247 e. The molecule has 0 aromatic rings. The number of rotatable bonds is 14. The van der Waals surface area contributed by atoms with E-state index in [0.717, 1.165) is 31.8 Å². The molecule has 21 heavy (non-hydrogen) atoms. The Balaban J connectivity index is 4.14. The van der Waals surface area contributed by atoms with Crippen molar-refractivity contribution in [3.8, 4) is 0 Å². The van der Waals surface area contributed by atoms with E-state index in [4.69, 9.17) is 20.9 Å². The summed E-state index contributed by atoms with van der Waals surface area (Å²) >= 11 is 7.47. The lowest BCUT2D eigenvalue weighted by Gasteiger charge is -2.22. The average Bonchev–Trinajstić information content (AvgIpc) is 2.37. The van der Waals surface area contributed by atoms with Crippen molar-refractivity contribution < 1.29 is 9.05 Å². The Bertz CT molecular complexity index is 265. The van der Waals surface area contributed by atoms with Crippen molar-refractivity contribution in [3.05, 3.63) is 0 Å². The lowest BCUT2D eigenvalue weighted by atomic mass is 10.2. The van der Waals surface area contributed by atoms with Crippen LogP contribution < -0.4 is 0 Å². The largest absolute Gasteiger partial charge is 0.322 e. The van der Waals surface area contributed by atoms with E-state index in [1.54, 1.807) is 11.4 Å². The van der Waals surface area contributed by atoms with Gasteiger partial charge in [0.25, 0.3) is 0 Å². The summed E-state index contributed by atoms with van der Waals surface area (Å²) in [5.74, 6) is 2.37. The minimum absolute atomic E-state index is 0.652. The zero-order chi connectivity index (χ0) is 16.1. The average molecular weight is 355 g/mol. The zero-order valence-electron chi connectivity index (χ0n) is 14.6. The lowest BCUT2D eigenvalue weighted by Crippen LogP contribution is -2.02. The van der Waals surface area contributed by atoms with Gasteiger partial charge in [0.2, 0.25) is 5.69 Å². The standard InChI is InChI=1S/C16H35O2PS2/c1-6-7-8-9-14-21-19(20,17-12-10-15(2)3)18-13-11-16(4)5/h15-16H,6-14H2,1-5H3. The molecule has 128 valence electrons. The second-order valence-corrected chi connectivity index (χ2v) is 12.8. The molecule has 2 nitrogen and oxygen atoms in total. The lowest BCUT2D eigenvalue weighted by molar-refractivity contribution is 0.237. The van der Waals surface area contributed by atoms with Gasteiger partial charge in [-0.2, -0.15) is 0 Å². The Morgan fingerprint density at radius 1 is 0.905 bits per heavy atom. The van der Waals surface area contributed by atoms with Crippen molar-refractivity contribution in [1.82, 2.24) is 0 Å². The molecule has 0 aliphatic carbocycles. The molecule has 0 aromatic carbocycles. The van der Waals surface area contributed by atoms with Crippen LogP contribution in [0.5, 0.6) is 0 Å². The van der Waals surface area contributed by atoms with Crippen LogP contribution >= 0.6 is 17.1 Å². The van der Waals surface area contributed by atoms with Gasteiger partial charge >= 0.3 is 0 Å². The van der Waals surface area contributed by atoms with Gasteiger partial charge in [0.1, 0.15) is 0 Å². The van der Waals surface area contributed by atoms with Crippen LogP contribution in [0, 0.1) is 11.8 Å². The Labute approximate surface area is 142 Å². The van der Waals surface area contributed by atoms with E-state index in [1.807, 2.05) is 0 Å². The highest BCUT2D eigenvalue weighted by Crippen LogP contribution is 2.61. The van der Waals surface area contributed by atoms with Gasteiger partial charge in [-0.15, -0.1) is 0 Å². The van der Waals surface area contributed by atoms with Gasteiger partial charge in [-0.25, -0.2) is 0 Å². The molecule has 0 fully saturated rings. The molecule has 0 unspecified atom stereocenters. The molecule has 0 amide bonds. The first-order chi connectivity index (χ1) is 9.89. The molecule has 0 aliphatic rings. The van der Waals surface area contributed by atoms with Gasteiger partial charge in [-0.3, -0.25) is 0 Å². The summed E-state index contributed by atoms with van der Waals surface area (Å²) < 4.78 is 12.0. The molecule has 0 aliphatic heterocycles. The fourth-order valence-electron chi connectivity index (χ4n) is 1.62. The summed E-state index contributed by atoms with van der Waals surface area (Å²) in [5, 5.41) is 0. The number of hydrogen-bond donors (Lipinski definition) is 0. The molecule has 0 atom stereocenters. The normalized spacial score (nSPS) is 12.5. The highest BCUT2D eigenvalue weighted by molar-refractivity contribution is 8.67. The zero-order valence-corrected chi connectivity index (χ0v) is 17.1. The van der Waals surface area contributed by atoms with Gasteiger partial charge < -0.3 is 9.05 Å². The highest BCUT2D eigenvalue weighted by Gasteiger charge is 2.20. The van der Waals surface area contributed by atoms with Crippen LogP contribution in [0.3, 0.4) is 0 Å². The number of hydrogen-bond acceptors (Lipinski definition) is 4. The van der Waals surface area contributed by atoms with Gasteiger partial charge in [0, 0.05) is 5.75 Å². The summed E-state index contributed by atoms with van der Waals surface area (Å²) in [5.41, 5.74) is -2.13. The maximum atomic E-state index is 6.00. The molecule has 0 saturated heterocycles. The molecule has 0 bridgehead atoms. The van der Waals surface area contributed by atoms with E-state index >= 15 is 0 Å². The molecule has 0 N–H and O–H groups in total. The molecule has 0 rings (SSSR count). The van der Waals surface area contributed by atoms with Gasteiger partial charge in [-0.05, 0) is 42.9 Å². The number of unbranched alkanes of at least 4 members (excludes halogenated alkanes) is 3. The van der Waals surface area contributed by atoms with Crippen molar-refractivity contribution >= 4 is 28.9 Å². The molecular formula is C16H35O2PS2. The topological polar surface area (TPSA) is 18.5 Å². The van der Waals surface area contributed by atoms with Crippen LogP contribution in [-0.2, 0) is 20.9 Å². The second kappa shape index (κ2) is 13.4. The van der Waals surface area contributed by atoms with Crippen LogP contribution in [0.1, 0.15) is 73.1 Å². The van der Waals surface area contributed by atoms with Crippen LogP contribution in [0.25, 0.3) is 0 Å². The van der Waals surface area contributed by atoms with Crippen molar-refractivity contribution in [3.63, 3.8) is 0 Å². The Morgan fingerprint density at radius 2 is 1.43 bits per heavy atom. The molecule has 0 spiro atoms. The third-order valence-corrected chi connectivity index (χ3v) is 8.63. The molecule has 0 radical (unpaired) electrons. The summed E-state index contributed by atoms with van der Waals surface area (Å²) in [4.78, 5) is 0. The summed E-state index contributed by atoms with van der Waals surface area (Å²) in [6.07, 6.45) is 7.21. The van der Waals surface area contributed by atoms with Crippen LogP contribution in [-0.4, -0.2) is 19.0 Å². The quantitative estimate of drug-likeness (QED) is 0.257. The van der Waals surface area contributed by atoms with E-state index < -0.39 is 5.69 Å². The molecule has 5 heteroatoms. The van der Waals surface area contributed by atoms with E-state index in [-0.39, 0.29) is 0 Å².